The Morgan fingerprint density at radius 2 is 1.94 bits per heavy atom. The molecule has 168 valence electrons. The Bertz CT molecular complexity index is 1540. The van der Waals surface area contributed by atoms with Gasteiger partial charge in [-0.15, -0.1) is 0 Å². The third-order valence-electron chi connectivity index (χ3n) is 4.74. The lowest BCUT2D eigenvalue weighted by molar-refractivity contribution is -0.132. The molecule has 0 atom stereocenters. The minimum Gasteiger partial charge on any atom is -0.493 e. The number of fused-ring (bicyclic) bond motifs is 1. The van der Waals surface area contributed by atoms with Crippen molar-refractivity contribution in [2.24, 2.45) is 0 Å². The molecule has 0 saturated heterocycles. The first-order chi connectivity index (χ1) is 15.7. The maximum atomic E-state index is 13.0. The van der Waals surface area contributed by atoms with Crippen LogP contribution in [0.25, 0.3) is 11.0 Å². The third kappa shape index (κ3) is 4.86. The fraction of sp³-hybridized carbons (Fsp3) is 0.174. The average molecular weight is 528 g/mol. The van der Waals surface area contributed by atoms with Crippen molar-refractivity contribution in [1.29, 1.82) is 0 Å². The predicted molar refractivity (Wildman–Crippen MR) is 128 cm³/mol. The number of benzene rings is 2. The van der Waals surface area contributed by atoms with E-state index in [2.05, 4.69) is 26.0 Å². The zero-order valence-electron chi connectivity index (χ0n) is 17.9. The number of aromatic nitrogens is 3. The quantitative estimate of drug-likeness (QED) is 0.290. The number of hydrogen-bond donors (Lipinski definition) is 0. The number of carbonyl (C=O) groups excluding carboxylic acids is 1. The van der Waals surface area contributed by atoms with Crippen LogP contribution in [0.5, 0.6) is 11.5 Å². The lowest BCUT2D eigenvalue weighted by Crippen LogP contribution is -2.28. The lowest BCUT2D eigenvalue weighted by Gasteiger charge is -2.10. The molecular weight excluding hydrogens is 510 g/mol. The molecule has 33 heavy (non-hydrogen) atoms. The summed E-state index contributed by atoms with van der Waals surface area (Å²) in [4.78, 5) is 41.1. The second-order valence-corrected chi connectivity index (χ2v) is 9.13. The maximum Gasteiger partial charge on any atom is 0.308 e. The first kappa shape index (κ1) is 22.8. The summed E-state index contributed by atoms with van der Waals surface area (Å²) in [6.45, 7) is 3.27. The van der Waals surface area contributed by atoms with Crippen molar-refractivity contribution in [2.45, 2.75) is 20.3 Å². The van der Waals surface area contributed by atoms with Gasteiger partial charge >= 0.3 is 5.97 Å². The van der Waals surface area contributed by atoms with Crippen LogP contribution in [0.4, 0.5) is 0 Å². The lowest BCUT2D eigenvalue weighted by atomic mass is 10.1. The Labute approximate surface area is 200 Å². The minimum atomic E-state index is -0.486. The fourth-order valence-electron chi connectivity index (χ4n) is 3.17. The van der Waals surface area contributed by atoms with Gasteiger partial charge in [-0.3, -0.25) is 14.4 Å². The van der Waals surface area contributed by atoms with E-state index in [1.165, 1.54) is 14.0 Å². The summed E-state index contributed by atoms with van der Waals surface area (Å²) < 4.78 is 12.5. The van der Waals surface area contributed by atoms with E-state index in [1.54, 1.807) is 18.2 Å². The van der Waals surface area contributed by atoms with Gasteiger partial charge in [-0.1, -0.05) is 41.2 Å². The monoisotopic (exact) mass is 527 g/mol. The first-order valence-corrected chi connectivity index (χ1v) is 11.4. The molecule has 0 aliphatic carbocycles. The van der Waals surface area contributed by atoms with E-state index >= 15 is 0 Å². The normalized spacial score (nSPS) is 11.7. The van der Waals surface area contributed by atoms with Crippen LogP contribution in [-0.2, 0) is 11.2 Å². The van der Waals surface area contributed by atoms with Crippen LogP contribution >= 0.6 is 27.3 Å². The number of carbonyl (C=O) groups is 1. The van der Waals surface area contributed by atoms with Crippen molar-refractivity contribution in [2.75, 3.05) is 7.11 Å². The molecule has 0 radical (unpaired) electrons. The van der Waals surface area contributed by atoms with Gasteiger partial charge < -0.3 is 9.47 Å². The molecule has 0 aliphatic rings. The summed E-state index contributed by atoms with van der Waals surface area (Å²) in [6.07, 6.45) is 1.92. The number of methoxy groups -OCH3 is 1. The average Bonchev–Trinajstić information content (AvgIpc) is 3.05. The minimum absolute atomic E-state index is 0.202. The molecule has 0 aliphatic heterocycles. The van der Waals surface area contributed by atoms with Crippen molar-refractivity contribution < 1.29 is 14.3 Å². The summed E-state index contributed by atoms with van der Waals surface area (Å²) in [5, 5.41) is 4.28. The molecule has 0 amide bonds. The molecule has 4 rings (SSSR count). The van der Waals surface area contributed by atoms with Gasteiger partial charge in [-0.25, -0.2) is 0 Å². The summed E-state index contributed by atoms with van der Waals surface area (Å²) >= 11 is 4.43. The Morgan fingerprint density at radius 1 is 1.21 bits per heavy atom. The number of rotatable bonds is 5. The molecule has 2 heterocycles. The molecule has 8 nitrogen and oxygen atoms in total. The van der Waals surface area contributed by atoms with Crippen LogP contribution in [0.15, 0.2) is 50.5 Å². The number of nitrogens with zero attached hydrogens (tertiary/aromatic N) is 3. The largest absolute Gasteiger partial charge is 0.493 e. The zero-order valence-corrected chi connectivity index (χ0v) is 20.3. The van der Waals surface area contributed by atoms with Gasteiger partial charge in [-0.05, 0) is 52.2 Å². The molecule has 4 aromatic rings. The van der Waals surface area contributed by atoms with Crippen LogP contribution < -0.4 is 25.1 Å². The van der Waals surface area contributed by atoms with Crippen molar-refractivity contribution in [3.05, 3.63) is 88.5 Å². The van der Waals surface area contributed by atoms with Gasteiger partial charge in [0, 0.05) is 13.3 Å². The van der Waals surface area contributed by atoms with E-state index in [0.29, 0.717) is 20.3 Å². The summed E-state index contributed by atoms with van der Waals surface area (Å²) in [7, 11) is 1.45. The highest BCUT2D eigenvalue weighted by Crippen LogP contribution is 2.37. The van der Waals surface area contributed by atoms with E-state index in [-0.39, 0.29) is 28.4 Å². The maximum absolute atomic E-state index is 13.0. The van der Waals surface area contributed by atoms with E-state index < -0.39 is 11.5 Å². The molecule has 0 spiro atoms. The van der Waals surface area contributed by atoms with Crippen molar-refractivity contribution >= 4 is 44.3 Å². The van der Waals surface area contributed by atoms with Crippen LogP contribution in [0.1, 0.15) is 29.3 Å². The Morgan fingerprint density at radius 3 is 2.61 bits per heavy atom. The zero-order chi connectivity index (χ0) is 23.7. The Balaban J connectivity index is 1.77. The van der Waals surface area contributed by atoms with Crippen LogP contribution in [0.3, 0.4) is 0 Å². The number of aryl methyl sites for hydroxylation is 1. The highest BCUT2D eigenvalue weighted by molar-refractivity contribution is 9.10. The SMILES string of the molecule is COc1cc(C=c2sc3nc(=O)c(Cc4ccc(C)cc4)nn3c2=O)cc(Br)c1OC(C)=O. The predicted octanol–water partition coefficient (Wildman–Crippen LogP) is 2.65. The second kappa shape index (κ2) is 9.24. The molecule has 0 N–H and O–H groups in total. The molecule has 0 unspecified atom stereocenters. The van der Waals surface area contributed by atoms with Gasteiger partial charge in [0.2, 0.25) is 4.96 Å². The van der Waals surface area contributed by atoms with Gasteiger partial charge in [-0.2, -0.15) is 14.6 Å². The molecule has 10 heteroatoms. The van der Waals surface area contributed by atoms with Crippen LogP contribution in [0, 0.1) is 6.92 Å². The molecule has 0 bridgehead atoms. The van der Waals surface area contributed by atoms with Crippen molar-refractivity contribution in [1.82, 2.24) is 14.6 Å². The number of thiazole rings is 1. The summed E-state index contributed by atoms with van der Waals surface area (Å²) in [5.74, 6) is 0.0845. The van der Waals surface area contributed by atoms with Gasteiger partial charge in [0.25, 0.3) is 11.1 Å². The number of esters is 1. The summed E-state index contributed by atoms with van der Waals surface area (Å²) in [6, 6.07) is 11.1. The van der Waals surface area contributed by atoms with Gasteiger partial charge in [0.1, 0.15) is 5.69 Å². The fourth-order valence-corrected chi connectivity index (χ4v) is 4.61. The van der Waals surface area contributed by atoms with Gasteiger partial charge in [0.15, 0.2) is 11.5 Å². The van der Waals surface area contributed by atoms with E-state index in [0.717, 1.165) is 27.0 Å². The molecular formula is C23H18BrN3O5S. The molecule has 0 saturated carbocycles. The summed E-state index contributed by atoms with van der Waals surface area (Å²) in [5.41, 5.74) is 2.01. The van der Waals surface area contributed by atoms with Crippen molar-refractivity contribution in [3.63, 3.8) is 0 Å². The Hall–Kier alpha value is -3.37. The first-order valence-electron chi connectivity index (χ1n) is 9.81. The number of hydrogen-bond acceptors (Lipinski definition) is 8. The number of halogens is 1. The second-order valence-electron chi connectivity index (χ2n) is 7.26. The highest BCUT2D eigenvalue weighted by Gasteiger charge is 2.15. The smallest absolute Gasteiger partial charge is 0.308 e. The molecule has 0 fully saturated rings. The third-order valence-corrected chi connectivity index (χ3v) is 6.29. The topological polar surface area (TPSA) is 99.9 Å². The van der Waals surface area contributed by atoms with Gasteiger partial charge in [0.05, 0.1) is 16.1 Å². The van der Waals surface area contributed by atoms with Crippen LogP contribution in [-0.4, -0.2) is 27.7 Å². The molecule has 2 aromatic heterocycles. The van der Waals surface area contributed by atoms with E-state index in [1.807, 2.05) is 31.2 Å². The van der Waals surface area contributed by atoms with E-state index in [9.17, 15) is 14.4 Å². The standard InChI is InChI=1S/C23H18BrN3O5S/c1-12-4-6-14(7-5-12)9-17-21(29)25-23-27(26-17)22(30)19(33-23)11-15-8-16(24)20(32-13(2)28)18(10-15)31-3/h4-8,10-11H,9H2,1-3H3. The Kier molecular flexibility index (Phi) is 6.39. The van der Waals surface area contributed by atoms with Crippen LogP contribution in [0.2, 0.25) is 0 Å². The molecule has 2 aromatic carbocycles. The van der Waals surface area contributed by atoms with E-state index in [4.69, 9.17) is 9.47 Å². The van der Waals surface area contributed by atoms with Crippen molar-refractivity contribution in [3.8, 4) is 11.5 Å². The number of ether oxygens (including phenoxy) is 2. The highest BCUT2D eigenvalue weighted by atomic mass is 79.9.